The summed E-state index contributed by atoms with van der Waals surface area (Å²) in [7, 11) is 0. The van der Waals surface area contributed by atoms with E-state index in [9.17, 15) is 19.2 Å². The lowest BCUT2D eigenvalue weighted by atomic mass is 9.94. The smallest absolute Gasteiger partial charge is 0.407 e. The van der Waals surface area contributed by atoms with Crippen molar-refractivity contribution in [2.24, 2.45) is 0 Å². The van der Waals surface area contributed by atoms with Gasteiger partial charge in [0.15, 0.2) is 18.5 Å². The molecular weight excluding hydrogens is 713 g/mol. The van der Waals surface area contributed by atoms with Crippen molar-refractivity contribution in [1.82, 2.24) is 5.32 Å². The SMILES string of the molecule is O=C(N[C@H]1C(OC2CCCCC2)O[C@H](COC(=O)c2ccccc2)[C@@H](OC(=O)c2ccccc2)[C@@H]1OC(=O)c1ccccc1)OCC(Cl)(Cl)Cl. The van der Waals surface area contributed by atoms with Gasteiger partial charge in [0.25, 0.3) is 0 Å². The zero-order valence-corrected chi connectivity index (χ0v) is 29.1. The maximum atomic E-state index is 13.6. The van der Waals surface area contributed by atoms with Gasteiger partial charge in [0.2, 0.25) is 3.79 Å². The fraction of sp³-hybridized carbons (Fsp3) is 0.389. The van der Waals surface area contributed by atoms with Crippen LogP contribution in [0.4, 0.5) is 4.79 Å². The van der Waals surface area contributed by atoms with E-state index < -0.39 is 71.7 Å². The second kappa shape index (κ2) is 17.9. The predicted molar refractivity (Wildman–Crippen MR) is 183 cm³/mol. The van der Waals surface area contributed by atoms with Crippen molar-refractivity contribution in [3.63, 3.8) is 0 Å². The number of amides is 1. The van der Waals surface area contributed by atoms with Crippen LogP contribution in [0.2, 0.25) is 0 Å². The predicted octanol–water partition coefficient (Wildman–Crippen LogP) is 6.83. The number of carbonyl (C=O) groups excluding carboxylic acids is 4. The highest BCUT2D eigenvalue weighted by Crippen LogP contribution is 2.32. The van der Waals surface area contributed by atoms with E-state index in [2.05, 4.69) is 5.32 Å². The first-order valence-corrected chi connectivity index (χ1v) is 17.3. The maximum Gasteiger partial charge on any atom is 0.407 e. The van der Waals surface area contributed by atoms with Crippen molar-refractivity contribution in [1.29, 1.82) is 0 Å². The quantitative estimate of drug-likeness (QED) is 0.126. The molecule has 1 saturated carbocycles. The molecule has 0 bridgehead atoms. The number of hydrogen-bond acceptors (Lipinski definition) is 10. The summed E-state index contributed by atoms with van der Waals surface area (Å²) in [4.78, 5) is 53.4. The van der Waals surface area contributed by atoms with Crippen molar-refractivity contribution < 1.29 is 47.6 Å². The number of rotatable bonds is 11. The van der Waals surface area contributed by atoms with E-state index >= 15 is 0 Å². The second-order valence-corrected chi connectivity index (χ2v) is 14.3. The zero-order chi connectivity index (χ0) is 35.5. The fourth-order valence-electron chi connectivity index (χ4n) is 5.65. The molecule has 1 amide bonds. The summed E-state index contributed by atoms with van der Waals surface area (Å²) in [5.41, 5.74) is 0.647. The molecule has 3 aromatic rings. The lowest BCUT2D eigenvalue weighted by Crippen LogP contribution is -2.67. The third-order valence-electron chi connectivity index (χ3n) is 8.07. The van der Waals surface area contributed by atoms with Crippen molar-refractivity contribution in [3.8, 4) is 0 Å². The van der Waals surface area contributed by atoms with Crippen LogP contribution in [0.3, 0.4) is 0 Å². The Hall–Kier alpha value is -3.87. The van der Waals surface area contributed by atoms with Crippen molar-refractivity contribution in [2.75, 3.05) is 13.2 Å². The van der Waals surface area contributed by atoms with Crippen molar-refractivity contribution >= 4 is 58.8 Å². The highest BCUT2D eigenvalue weighted by atomic mass is 35.6. The molecule has 0 aromatic heterocycles. The van der Waals surface area contributed by atoms with E-state index in [0.29, 0.717) is 12.8 Å². The van der Waals surface area contributed by atoms with Crippen LogP contribution in [0.1, 0.15) is 63.2 Å². The number of carbonyl (C=O) groups is 4. The highest BCUT2D eigenvalue weighted by Gasteiger charge is 2.53. The minimum atomic E-state index is -1.92. The summed E-state index contributed by atoms with van der Waals surface area (Å²) in [6, 6.07) is 23.2. The molecule has 1 saturated heterocycles. The first-order chi connectivity index (χ1) is 24.1. The second-order valence-electron chi connectivity index (χ2n) is 11.7. The summed E-state index contributed by atoms with van der Waals surface area (Å²) < 4.78 is 33.8. The van der Waals surface area contributed by atoms with Crippen LogP contribution < -0.4 is 5.32 Å². The van der Waals surface area contributed by atoms with Crippen LogP contribution in [0.5, 0.6) is 0 Å². The standard InChI is InChI=1S/C36H36Cl3NO10/c37-36(38,39)22-46-35(44)40-28-30(50-33(43)25-17-9-3-10-18-25)29(49-32(42)24-15-7-2-8-16-24)27(21-45-31(41)23-13-5-1-6-14-23)48-34(28)47-26-19-11-4-12-20-26/h1-3,5-10,13-18,26-30,34H,4,11-12,19-22H2,(H,40,44)/t27-,28-,29-,30-,34?/m1/s1. The first kappa shape index (κ1) is 37.4. The Morgan fingerprint density at radius 2 is 1.18 bits per heavy atom. The first-order valence-electron chi connectivity index (χ1n) is 16.1. The van der Waals surface area contributed by atoms with Gasteiger partial charge in [-0.3, -0.25) is 0 Å². The molecule has 266 valence electrons. The van der Waals surface area contributed by atoms with E-state index in [0.717, 1.165) is 19.3 Å². The molecule has 1 aliphatic heterocycles. The Morgan fingerprint density at radius 3 is 1.70 bits per heavy atom. The molecular formula is C36H36Cl3NO10. The number of ether oxygens (including phenoxy) is 6. The van der Waals surface area contributed by atoms with Gasteiger partial charge in [0.1, 0.15) is 25.4 Å². The fourth-order valence-corrected chi connectivity index (χ4v) is 5.82. The zero-order valence-electron chi connectivity index (χ0n) is 26.8. The van der Waals surface area contributed by atoms with Gasteiger partial charge in [-0.2, -0.15) is 0 Å². The van der Waals surface area contributed by atoms with Gasteiger partial charge in [-0.25, -0.2) is 19.2 Å². The van der Waals surface area contributed by atoms with Crippen LogP contribution >= 0.6 is 34.8 Å². The number of benzene rings is 3. The van der Waals surface area contributed by atoms with Crippen LogP contribution in [-0.2, 0) is 28.4 Å². The van der Waals surface area contributed by atoms with Crippen LogP contribution in [0.15, 0.2) is 91.0 Å². The molecule has 0 spiro atoms. The molecule has 1 aliphatic carbocycles. The summed E-state index contributed by atoms with van der Waals surface area (Å²) in [5, 5.41) is 2.63. The summed E-state index contributed by atoms with van der Waals surface area (Å²) in [6.07, 6.45) is -2.50. The van der Waals surface area contributed by atoms with Gasteiger partial charge in [-0.1, -0.05) is 109 Å². The van der Waals surface area contributed by atoms with Crippen LogP contribution in [0.25, 0.3) is 0 Å². The third-order valence-corrected chi connectivity index (χ3v) is 8.40. The van der Waals surface area contributed by atoms with E-state index in [1.165, 1.54) is 0 Å². The van der Waals surface area contributed by atoms with Crippen LogP contribution in [-0.4, -0.2) is 77.8 Å². The Kier molecular flexibility index (Phi) is 13.4. The number of alkyl halides is 3. The number of alkyl carbamates (subject to hydrolysis) is 1. The van der Waals surface area contributed by atoms with Gasteiger partial charge in [0.05, 0.1) is 22.8 Å². The molecule has 0 radical (unpaired) electrons. The van der Waals surface area contributed by atoms with Crippen LogP contribution in [0, 0.1) is 0 Å². The number of nitrogens with one attached hydrogen (secondary N) is 1. The lowest BCUT2D eigenvalue weighted by molar-refractivity contribution is -0.282. The Bertz CT molecular complexity index is 1570. The summed E-state index contributed by atoms with van der Waals surface area (Å²) in [6.45, 7) is -1.04. The monoisotopic (exact) mass is 747 g/mol. The minimum Gasteiger partial charge on any atom is -0.459 e. The Morgan fingerprint density at radius 1 is 0.680 bits per heavy atom. The van der Waals surface area contributed by atoms with Gasteiger partial charge in [-0.15, -0.1) is 0 Å². The van der Waals surface area contributed by atoms with E-state index in [1.54, 1.807) is 91.0 Å². The summed E-state index contributed by atoms with van der Waals surface area (Å²) >= 11 is 17.4. The molecule has 11 nitrogen and oxygen atoms in total. The molecule has 50 heavy (non-hydrogen) atoms. The topological polar surface area (TPSA) is 136 Å². The molecule has 2 fully saturated rings. The Balaban J connectivity index is 1.52. The molecule has 5 atom stereocenters. The van der Waals surface area contributed by atoms with E-state index in [4.69, 9.17) is 63.2 Å². The average Bonchev–Trinajstić information content (AvgIpc) is 3.13. The Labute approximate surface area is 304 Å². The molecule has 5 rings (SSSR count). The molecule has 1 N–H and O–H groups in total. The lowest BCUT2D eigenvalue weighted by Gasteiger charge is -2.46. The molecule has 1 unspecified atom stereocenters. The van der Waals surface area contributed by atoms with E-state index in [-0.39, 0.29) is 22.8 Å². The molecule has 1 heterocycles. The van der Waals surface area contributed by atoms with E-state index in [1.807, 2.05) is 0 Å². The highest BCUT2D eigenvalue weighted by molar-refractivity contribution is 6.67. The average molecular weight is 749 g/mol. The van der Waals surface area contributed by atoms with Gasteiger partial charge >= 0.3 is 24.0 Å². The van der Waals surface area contributed by atoms with Gasteiger partial charge in [-0.05, 0) is 49.2 Å². The number of esters is 3. The largest absolute Gasteiger partial charge is 0.459 e. The normalized spacial score (nSPS) is 22.5. The maximum absolute atomic E-state index is 13.6. The number of hydrogen-bond donors (Lipinski definition) is 1. The molecule has 2 aliphatic rings. The summed E-state index contributed by atoms with van der Waals surface area (Å²) in [5.74, 6) is -2.25. The minimum absolute atomic E-state index is 0.182. The van der Waals surface area contributed by atoms with Gasteiger partial charge < -0.3 is 33.7 Å². The van der Waals surface area contributed by atoms with Gasteiger partial charge in [0, 0.05) is 0 Å². The molecule has 14 heteroatoms. The third kappa shape index (κ3) is 10.8. The number of halogens is 3. The van der Waals surface area contributed by atoms with Crippen molar-refractivity contribution in [2.45, 2.75) is 72.6 Å². The van der Waals surface area contributed by atoms with Crippen molar-refractivity contribution in [3.05, 3.63) is 108 Å². The molecule has 3 aromatic carbocycles.